The first-order valence-corrected chi connectivity index (χ1v) is 15.7. The van der Waals surface area contributed by atoms with Gasteiger partial charge in [-0.1, -0.05) is 30.3 Å². The molecule has 4 rings (SSSR count). The van der Waals surface area contributed by atoms with E-state index in [1.807, 2.05) is 55.7 Å². The molecule has 2 heterocycles. The van der Waals surface area contributed by atoms with Crippen molar-refractivity contribution in [2.45, 2.75) is 57.2 Å². The third-order valence-corrected chi connectivity index (χ3v) is 9.48. The minimum atomic E-state index is -2.65. The Morgan fingerprint density at radius 3 is 2.68 bits per heavy atom. The fraction of sp³-hybridized carbons (Fsp3) is 0.444. The summed E-state index contributed by atoms with van der Waals surface area (Å²) in [6, 6.07) is 14.7. The van der Waals surface area contributed by atoms with Crippen LogP contribution in [0.1, 0.15) is 41.1 Å². The molecule has 0 radical (unpaired) electrons. The van der Waals surface area contributed by atoms with E-state index in [-0.39, 0.29) is 36.2 Å². The van der Waals surface area contributed by atoms with Crippen LogP contribution in [0.2, 0.25) is 18.6 Å². The molecule has 1 aromatic heterocycles. The monoisotopic (exact) mass is 524 g/mol. The number of hydrogen-bond acceptors (Lipinski definition) is 7. The minimum absolute atomic E-state index is 0.0286. The van der Waals surface area contributed by atoms with E-state index in [0.717, 1.165) is 11.3 Å². The summed E-state index contributed by atoms with van der Waals surface area (Å²) >= 11 is 0. The number of benzene rings is 2. The SMILES string of the molecule is CO[C@@H]1c2cc(NC(=O)c3ccccc3)ccc2O[C@H](C(CCn2cc(CCO)nn2)[Si](C)(C)O)[C@H]1C. The molecule has 0 bridgehead atoms. The topological polar surface area (TPSA) is 119 Å². The molecule has 1 aliphatic rings. The Hall–Kier alpha value is -3.05. The van der Waals surface area contributed by atoms with Crippen molar-refractivity contribution in [1.82, 2.24) is 15.0 Å². The van der Waals surface area contributed by atoms with Crippen LogP contribution < -0.4 is 10.1 Å². The van der Waals surface area contributed by atoms with Gasteiger partial charge in [-0.15, -0.1) is 5.10 Å². The van der Waals surface area contributed by atoms with E-state index in [1.54, 1.807) is 23.9 Å². The van der Waals surface area contributed by atoms with Gasteiger partial charge >= 0.3 is 0 Å². The zero-order valence-electron chi connectivity index (χ0n) is 21.8. The van der Waals surface area contributed by atoms with Crippen molar-refractivity contribution in [2.24, 2.45) is 5.92 Å². The summed E-state index contributed by atoms with van der Waals surface area (Å²) in [5, 5.41) is 20.4. The first-order chi connectivity index (χ1) is 17.7. The number of amides is 1. The van der Waals surface area contributed by atoms with Crippen LogP contribution in [0, 0.1) is 5.92 Å². The Kier molecular flexibility index (Phi) is 8.43. The first-order valence-electron chi connectivity index (χ1n) is 12.6. The fourth-order valence-corrected chi connectivity index (χ4v) is 7.13. The van der Waals surface area contributed by atoms with Crippen LogP contribution >= 0.6 is 0 Å². The number of fused-ring (bicyclic) bond motifs is 1. The van der Waals surface area contributed by atoms with E-state index >= 15 is 0 Å². The molecule has 1 amide bonds. The van der Waals surface area contributed by atoms with Gasteiger partial charge < -0.3 is 24.7 Å². The zero-order valence-corrected chi connectivity index (χ0v) is 22.8. The Labute approximate surface area is 218 Å². The molecule has 0 fully saturated rings. The number of rotatable bonds is 10. The maximum absolute atomic E-state index is 12.7. The van der Waals surface area contributed by atoms with E-state index in [9.17, 15) is 9.59 Å². The summed E-state index contributed by atoms with van der Waals surface area (Å²) in [7, 11) is -0.973. The first kappa shape index (κ1) is 27.0. The van der Waals surface area contributed by atoms with Gasteiger partial charge in [-0.05, 0) is 49.8 Å². The molecule has 198 valence electrons. The number of ether oxygens (including phenoxy) is 2. The fourth-order valence-electron chi connectivity index (χ4n) is 5.12. The number of carbonyl (C=O) groups is 1. The van der Waals surface area contributed by atoms with Crippen molar-refractivity contribution < 1.29 is 24.2 Å². The third kappa shape index (κ3) is 6.27. The molecule has 2 aromatic carbocycles. The average molecular weight is 525 g/mol. The Morgan fingerprint density at radius 1 is 1.24 bits per heavy atom. The van der Waals surface area contributed by atoms with E-state index in [2.05, 4.69) is 22.6 Å². The number of hydrogen-bond donors (Lipinski definition) is 3. The van der Waals surface area contributed by atoms with Crippen molar-refractivity contribution in [1.29, 1.82) is 0 Å². The van der Waals surface area contributed by atoms with E-state index in [1.165, 1.54) is 0 Å². The summed E-state index contributed by atoms with van der Waals surface area (Å²) in [6.45, 7) is 6.57. The molecule has 37 heavy (non-hydrogen) atoms. The number of anilines is 1. The molecule has 1 aliphatic heterocycles. The molecule has 3 aromatic rings. The summed E-state index contributed by atoms with van der Waals surface area (Å²) in [5.74, 6) is 0.476. The van der Waals surface area contributed by atoms with Gasteiger partial charge in [0.2, 0.25) is 0 Å². The van der Waals surface area contributed by atoms with Crippen molar-refractivity contribution in [3.8, 4) is 5.75 Å². The van der Waals surface area contributed by atoms with Crippen molar-refractivity contribution in [3.05, 3.63) is 71.5 Å². The largest absolute Gasteiger partial charge is 0.490 e. The maximum Gasteiger partial charge on any atom is 0.255 e. The molecule has 0 spiro atoms. The molecule has 3 N–H and O–H groups in total. The number of aliphatic hydroxyl groups excluding tert-OH is 1. The molecule has 9 nitrogen and oxygen atoms in total. The third-order valence-electron chi connectivity index (χ3n) is 7.05. The van der Waals surface area contributed by atoms with Gasteiger partial charge in [0.15, 0.2) is 8.32 Å². The molecular formula is C27H36N4O5Si. The van der Waals surface area contributed by atoms with Gasteiger partial charge in [0.05, 0.1) is 11.8 Å². The van der Waals surface area contributed by atoms with Crippen LogP contribution in [0.3, 0.4) is 0 Å². The smallest absolute Gasteiger partial charge is 0.255 e. The van der Waals surface area contributed by atoms with Crippen molar-refractivity contribution in [3.63, 3.8) is 0 Å². The molecule has 10 heteroatoms. The molecule has 1 unspecified atom stereocenters. The second-order valence-electron chi connectivity index (χ2n) is 10.2. The van der Waals surface area contributed by atoms with Crippen LogP contribution in [-0.4, -0.2) is 58.9 Å². The lowest BCUT2D eigenvalue weighted by Gasteiger charge is -2.43. The molecule has 0 saturated heterocycles. The lowest BCUT2D eigenvalue weighted by molar-refractivity contribution is -0.0247. The number of nitrogens with zero attached hydrogens (tertiary/aromatic N) is 3. The van der Waals surface area contributed by atoms with E-state index in [0.29, 0.717) is 36.4 Å². The second-order valence-corrected chi connectivity index (χ2v) is 14.2. The number of carbonyl (C=O) groups excluding carboxylic acids is 1. The van der Waals surface area contributed by atoms with Crippen LogP contribution in [0.25, 0.3) is 0 Å². The molecule has 0 saturated carbocycles. The molecule has 4 atom stereocenters. The minimum Gasteiger partial charge on any atom is -0.490 e. The lowest BCUT2D eigenvalue weighted by Crippen LogP contribution is -2.48. The molecule has 0 aliphatic carbocycles. The Bertz CT molecular complexity index is 1200. The number of methoxy groups -OCH3 is 1. The zero-order chi connectivity index (χ0) is 26.6. The predicted molar refractivity (Wildman–Crippen MR) is 143 cm³/mol. The van der Waals surface area contributed by atoms with Gasteiger partial charge in [-0.3, -0.25) is 9.48 Å². The number of aliphatic hydroxyl groups is 1. The molecular weight excluding hydrogens is 488 g/mol. The average Bonchev–Trinajstić information content (AvgIpc) is 3.32. The summed E-state index contributed by atoms with van der Waals surface area (Å²) in [6.07, 6.45) is 2.46. The predicted octanol–water partition coefficient (Wildman–Crippen LogP) is 3.81. The number of aryl methyl sites for hydroxylation is 1. The summed E-state index contributed by atoms with van der Waals surface area (Å²) in [5.41, 5.74) is 2.78. The lowest BCUT2D eigenvalue weighted by atomic mass is 9.86. The normalized spacial score (nSPS) is 20.1. The van der Waals surface area contributed by atoms with Gasteiger partial charge in [-0.25, -0.2) is 0 Å². The van der Waals surface area contributed by atoms with Gasteiger partial charge in [0.25, 0.3) is 5.91 Å². The summed E-state index contributed by atoms with van der Waals surface area (Å²) < 4.78 is 14.3. The Balaban J connectivity index is 1.54. The van der Waals surface area contributed by atoms with Crippen molar-refractivity contribution in [2.75, 3.05) is 19.0 Å². The quantitative estimate of drug-likeness (QED) is 0.345. The van der Waals surface area contributed by atoms with Gasteiger partial charge in [-0.2, -0.15) is 0 Å². The second kappa shape index (κ2) is 11.6. The number of aromatic nitrogens is 3. The van der Waals surface area contributed by atoms with Gasteiger partial charge in [0, 0.05) is 61.2 Å². The summed E-state index contributed by atoms with van der Waals surface area (Å²) in [4.78, 5) is 23.9. The van der Waals surface area contributed by atoms with Crippen LogP contribution in [-0.2, 0) is 17.7 Å². The van der Waals surface area contributed by atoms with Gasteiger partial charge in [0.1, 0.15) is 11.9 Å². The number of nitrogens with one attached hydrogen (secondary N) is 1. The Morgan fingerprint density at radius 2 is 2.00 bits per heavy atom. The highest BCUT2D eigenvalue weighted by molar-refractivity contribution is 6.71. The van der Waals surface area contributed by atoms with Crippen LogP contribution in [0.5, 0.6) is 5.75 Å². The van der Waals surface area contributed by atoms with E-state index < -0.39 is 8.32 Å². The highest BCUT2D eigenvalue weighted by Crippen LogP contribution is 2.47. The highest BCUT2D eigenvalue weighted by atomic mass is 28.4. The highest BCUT2D eigenvalue weighted by Gasteiger charge is 2.46. The maximum atomic E-state index is 12.7. The van der Waals surface area contributed by atoms with E-state index in [4.69, 9.17) is 14.6 Å². The van der Waals surface area contributed by atoms with Crippen molar-refractivity contribution >= 4 is 19.9 Å². The van der Waals surface area contributed by atoms with Crippen LogP contribution in [0.4, 0.5) is 5.69 Å². The van der Waals surface area contributed by atoms with Crippen LogP contribution in [0.15, 0.2) is 54.7 Å². The standard InChI is InChI=1S/C27H36N4O5Si/c1-18-25(35-2)22-16-20(28-27(33)19-8-6-5-7-9-19)10-11-23(22)36-26(18)24(37(3,4)34)12-14-31-17-21(13-15-32)29-30-31/h5-11,16-18,24-26,32,34H,12-15H2,1-4H3,(H,28,33)/t18-,24?,25-,26-/m0/s1.